The van der Waals surface area contributed by atoms with E-state index in [2.05, 4.69) is 15.9 Å². The lowest BCUT2D eigenvalue weighted by Gasteiger charge is -2.40. The second-order valence-electron chi connectivity index (χ2n) is 3.82. The van der Waals surface area contributed by atoms with Crippen LogP contribution in [-0.2, 0) is 18.9 Å². The Bertz CT molecular complexity index is 179. The van der Waals surface area contributed by atoms with E-state index in [0.29, 0.717) is 18.0 Å². The summed E-state index contributed by atoms with van der Waals surface area (Å²) in [4.78, 5) is 0.445. The minimum Gasteiger partial charge on any atom is -0.382 e. The van der Waals surface area contributed by atoms with Crippen LogP contribution in [0.1, 0.15) is 12.8 Å². The van der Waals surface area contributed by atoms with Crippen LogP contribution in [0.25, 0.3) is 0 Å². The van der Waals surface area contributed by atoms with Gasteiger partial charge in [0.15, 0.2) is 0 Å². The van der Waals surface area contributed by atoms with E-state index >= 15 is 0 Å². The molecule has 1 aliphatic carbocycles. The van der Waals surface area contributed by atoms with E-state index in [1.165, 1.54) is 0 Å². The number of methoxy groups -OCH3 is 2. The molecule has 0 amide bonds. The van der Waals surface area contributed by atoms with Gasteiger partial charge in [-0.2, -0.15) is 0 Å². The molecule has 0 aliphatic heterocycles. The Morgan fingerprint density at radius 1 is 1.12 bits per heavy atom. The molecule has 5 heteroatoms. The van der Waals surface area contributed by atoms with Crippen molar-refractivity contribution >= 4 is 15.9 Å². The molecule has 3 unspecified atom stereocenters. The highest BCUT2D eigenvalue weighted by atomic mass is 79.9. The Morgan fingerprint density at radius 3 is 2.56 bits per heavy atom. The third kappa shape index (κ3) is 4.67. The summed E-state index contributed by atoms with van der Waals surface area (Å²) in [5, 5.41) is 0. The molecule has 0 saturated heterocycles. The van der Waals surface area contributed by atoms with Crippen molar-refractivity contribution in [1.82, 2.24) is 0 Å². The van der Waals surface area contributed by atoms with Crippen LogP contribution < -0.4 is 0 Å². The standard InChI is InChI=1S/C11H21BrO4/c1-13-6-7-15-4-3-5-16-10-8-9(12)11(10)14-2/h9-11H,3-8H2,1-2H3. The summed E-state index contributed by atoms with van der Waals surface area (Å²) in [6.07, 6.45) is 2.40. The second kappa shape index (κ2) is 8.42. The highest BCUT2D eigenvalue weighted by Crippen LogP contribution is 2.32. The number of rotatable bonds is 9. The quantitative estimate of drug-likeness (QED) is 0.478. The minimum atomic E-state index is 0.203. The van der Waals surface area contributed by atoms with Gasteiger partial charge in [-0.15, -0.1) is 0 Å². The van der Waals surface area contributed by atoms with Gasteiger partial charge in [0, 0.05) is 32.3 Å². The van der Waals surface area contributed by atoms with Crippen molar-refractivity contribution in [3.8, 4) is 0 Å². The highest BCUT2D eigenvalue weighted by molar-refractivity contribution is 9.09. The van der Waals surface area contributed by atoms with E-state index in [4.69, 9.17) is 18.9 Å². The van der Waals surface area contributed by atoms with Crippen LogP contribution in [0, 0.1) is 0 Å². The van der Waals surface area contributed by atoms with Crippen LogP contribution in [0.15, 0.2) is 0 Å². The molecule has 4 nitrogen and oxygen atoms in total. The molecule has 0 aromatic rings. The molecule has 1 saturated carbocycles. The van der Waals surface area contributed by atoms with Gasteiger partial charge in [-0.25, -0.2) is 0 Å². The molecule has 0 heterocycles. The molecule has 1 rings (SSSR count). The van der Waals surface area contributed by atoms with E-state index in [1.807, 2.05) is 0 Å². The lowest BCUT2D eigenvalue weighted by Crippen LogP contribution is -2.50. The summed E-state index contributed by atoms with van der Waals surface area (Å²) in [5.74, 6) is 0. The molecule has 1 fully saturated rings. The Labute approximate surface area is 106 Å². The van der Waals surface area contributed by atoms with Gasteiger partial charge in [-0.05, 0) is 12.8 Å². The molecule has 96 valence electrons. The number of hydrogen-bond donors (Lipinski definition) is 0. The van der Waals surface area contributed by atoms with E-state index in [9.17, 15) is 0 Å². The van der Waals surface area contributed by atoms with Gasteiger partial charge in [-0.1, -0.05) is 15.9 Å². The molecule has 0 bridgehead atoms. The summed E-state index contributed by atoms with van der Waals surface area (Å²) in [6.45, 7) is 2.77. The average molecular weight is 297 g/mol. The first-order chi connectivity index (χ1) is 7.79. The fraction of sp³-hybridized carbons (Fsp3) is 1.00. The van der Waals surface area contributed by atoms with Crippen molar-refractivity contribution in [3.63, 3.8) is 0 Å². The molecular formula is C11H21BrO4. The molecule has 0 N–H and O–H groups in total. The maximum Gasteiger partial charge on any atom is 0.0958 e. The SMILES string of the molecule is COCCOCCCOC1CC(Br)C1OC. The maximum atomic E-state index is 5.69. The zero-order valence-electron chi connectivity index (χ0n) is 9.99. The van der Waals surface area contributed by atoms with Crippen LogP contribution in [0.3, 0.4) is 0 Å². The second-order valence-corrected chi connectivity index (χ2v) is 5.00. The zero-order chi connectivity index (χ0) is 11.8. The summed E-state index contributed by atoms with van der Waals surface area (Å²) < 4.78 is 21.2. The number of halogens is 1. The van der Waals surface area contributed by atoms with E-state index in [0.717, 1.165) is 26.1 Å². The molecule has 16 heavy (non-hydrogen) atoms. The molecule has 0 aromatic heterocycles. The summed E-state index contributed by atoms with van der Waals surface area (Å²) >= 11 is 3.53. The van der Waals surface area contributed by atoms with E-state index < -0.39 is 0 Å². The van der Waals surface area contributed by atoms with Crippen molar-refractivity contribution in [3.05, 3.63) is 0 Å². The first-order valence-corrected chi connectivity index (χ1v) is 6.56. The Morgan fingerprint density at radius 2 is 1.94 bits per heavy atom. The molecule has 0 aromatic carbocycles. The smallest absolute Gasteiger partial charge is 0.0958 e. The van der Waals surface area contributed by atoms with Gasteiger partial charge in [0.05, 0.1) is 25.4 Å². The largest absolute Gasteiger partial charge is 0.382 e. The maximum absolute atomic E-state index is 5.69. The molecule has 1 aliphatic rings. The first kappa shape index (κ1) is 14.4. The zero-order valence-corrected chi connectivity index (χ0v) is 11.6. The molecular weight excluding hydrogens is 276 g/mol. The van der Waals surface area contributed by atoms with Crippen LogP contribution in [0.2, 0.25) is 0 Å². The van der Waals surface area contributed by atoms with Crippen molar-refractivity contribution < 1.29 is 18.9 Å². The van der Waals surface area contributed by atoms with E-state index in [1.54, 1.807) is 14.2 Å². The van der Waals surface area contributed by atoms with Gasteiger partial charge < -0.3 is 18.9 Å². The lowest BCUT2D eigenvalue weighted by atomic mass is 9.91. The van der Waals surface area contributed by atoms with Gasteiger partial charge in [0.25, 0.3) is 0 Å². The Hall–Kier alpha value is 0.320. The summed E-state index contributed by atoms with van der Waals surface area (Å²) in [5.41, 5.74) is 0. The monoisotopic (exact) mass is 296 g/mol. The summed E-state index contributed by atoms with van der Waals surface area (Å²) in [6, 6.07) is 0. The topological polar surface area (TPSA) is 36.9 Å². The van der Waals surface area contributed by atoms with Gasteiger partial charge in [-0.3, -0.25) is 0 Å². The minimum absolute atomic E-state index is 0.203. The van der Waals surface area contributed by atoms with Crippen LogP contribution in [0.5, 0.6) is 0 Å². The van der Waals surface area contributed by atoms with Gasteiger partial charge in [0.1, 0.15) is 0 Å². The van der Waals surface area contributed by atoms with E-state index in [-0.39, 0.29) is 12.2 Å². The Kier molecular flexibility index (Phi) is 7.56. The van der Waals surface area contributed by atoms with Gasteiger partial charge >= 0.3 is 0 Å². The van der Waals surface area contributed by atoms with Crippen molar-refractivity contribution in [1.29, 1.82) is 0 Å². The van der Waals surface area contributed by atoms with Crippen molar-refractivity contribution in [2.75, 3.05) is 40.6 Å². The van der Waals surface area contributed by atoms with Crippen molar-refractivity contribution in [2.24, 2.45) is 0 Å². The third-order valence-electron chi connectivity index (χ3n) is 2.65. The number of alkyl halides is 1. The predicted octanol–water partition coefficient (Wildman–Crippen LogP) is 1.61. The van der Waals surface area contributed by atoms with Crippen molar-refractivity contribution in [2.45, 2.75) is 29.9 Å². The van der Waals surface area contributed by atoms with Crippen LogP contribution in [0.4, 0.5) is 0 Å². The first-order valence-electron chi connectivity index (χ1n) is 5.64. The number of hydrogen-bond acceptors (Lipinski definition) is 4. The Balaban J connectivity index is 1.88. The third-order valence-corrected chi connectivity index (χ3v) is 3.54. The fourth-order valence-electron chi connectivity index (χ4n) is 1.63. The number of ether oxygens (including phenoxy) is 4. The average Bonchev–Trinajstić information content (AvgIpc) is 2.26. The normalized spacial score (nSPS) is 29.1. The lowest BCUT2D eigenvalue weighted by molar-refractivity contribution is -0.109. The van der Waals surface area contributed by atoms with Crippen LogP contribution in [-0.4, -0.2) is 57.7 Å². The molecule has 0 spiro atoms. The van der Waals surface area contributed by atoms with Crippen LogP contribution >= 0.6 is 15.9 Å². The highest BCUT2D eigenvalue weighted by Gasteiger charge is 2.40. The molecule has 3 atom stereocenters. The summed E-state index contributed by atoms with van der Waals surface area (Å²) in [7, 11) is 3.40. The molecule has 0 radical (unpaired) electrons. The fourth-order valence-corrected chi connectivity index (χ4v) is 2.55. The predicted molar refractivity (Wildman–Crippen MR) is 65.2 cm³/mol. The van der Waals surface area contributed by atoms with Gasteiger partial charge in [0.2, 0.25) is 0 Å².